The van der Waals surface area contributed by atoms with Gasteiger partial charge in [0.15, 0.2) is 0 Å². The van der Waals surface area contributed by atoms with Crippen LogP contribution in [0.15, 0.2) is 0 Å². The lowest BCUT2D eigenvalue weighted by atomic mass is 9.99. The van der Waals surface area contributed by atoms with Crippen LogP contribution in [0.1, 0.15) is 58.3 Å². The second-order valence-corrected chi connectivity index (χ2v) is 5.26. The predicted octanol–water partition coefficient (Wildman–Crippen LogP) is 3.34. The molecule has 2 saturated carbocycles. The van der Waals surface area contributed by atoms with E-state index >= 15 is 0 Å². The average Bonchev–Trinajstić information content (AvgIpc) is 2.85. The lowest BCUT2D eigenvalue weighted by molar-refractivity contribution is 0.359. The molecule has 0 saturated heterocycles. The van der Waals surface area contributed by atoms with Gasteiger partial charge in [-0.3, -0.25) is 0 Å². The Morgan fingerprint density at radius 3 is 2.50 bits per heavy atom. The van der Waals surface area contributed by atoms with Crippen LogP contribution in [0.4, 0.5) is 0 Å². The van der Waals surface area contributed by atoms with Crippen LogP contribution in [-0.4, -0.2) is 12.6 Å². The van der Waals surface area contributed by atoms with Crippen LogP contribution >= 0.6 is 0 Å². The third-order valence-corrected chi connectivity index (χ3v) is 4.33. The van der Waals surface area contributed by atoms with Crippen molar-refractivity contribution in [1.82, 2.24) is 5.32 Å². The normalized spacial score (nSPS) is 34.1. The molecule has 14 heavy (non-hydrogen) atoms. The topological polar surface area (TPSA) is 12.0 Å². The molecule has 0 bridgehead atoms. The fourth-order valence-corrected chi connectivity index (χ4v) is 3.33. The molecular formula is C13H25N. The van der Waals surface area contributed by atoms with Crippen molar-refractivity contribution in [3.63, 3.8) is 0 Å². The summed E-state index contributed by atoms with van der Waals surface area (Å²) in [5, 5.41) is 3.82. The first-order valence-electron chi connectivity index (χ1n) is 6.63. The number of rotatable bonds is 4. The monoisotopic (exact) mass is 195 g/mol. The first-order chi connectivity index (χ1) is 6.90. The minimum atomic E-state index is 0.862. The van der Waals surface area contributed by atoms with Crippen molar-refractivity contribution >= 4 is 0 Å². The SMILES string of the molecule is CCC1CCCC1NCC1CCCC1. The summed E-state index contributed by atoms with van der Waals surface area (Å²) < 4.78 is 0. The molecule has 1 N–H and O–H groups in total. The van der Waals surface area contributed by atoms with Gasteiger partial charge in [0.2, 0.25) is 0 Å². The molecule has 0 aromatic rings. The Morgan fingerprint density at radius 2 is 1.79 bits per heavy atom. The van der Waals surface area contributed by atoms with Gasteiger partial charge in [-0.2, -0.15) is 0 Å². The van der Waals surface area contributed by atoms with Crippen molar-refractivity contribution in [2.45, 2.75) is 64.3 Å². The summed E-state index contributed by atoms with van der Waals surface area (Å²) in [6.07, 6.45) is 11.7. The van der Waals surface area contributed by atoms with E-state index in [2.05, 4.69) is 12.2 Å². The minimum Gasteiger partial charge on any atom is -0.313 e. The van der Waals surface area contributed by atoms with Crippen molar-refractivity contribution in [3.05, 3.63) is 0 Å². The molecule has 0 radical (unpaired) electrons. The molecular weight excluding hydrogens is 170 g/mol. The molecule has 1 nitrogen and oxygen atoms in total. The van der Waals surface area contributed by atoms with Gasteiger partial charge in [-0.15, -0.1) is 0 Å². The van der Waals surface area contributed by atoms with Gasteiger partial charge in [0.05, 0.1) is 0 Å². The maximum atomic E-state index is 3.82. The molecule has 0 spiro atoms. The van der Waals surface area contributed by atoms with Gasteiger partial charge in [0.1, 0.15) is 0 Å². The highest BCUT2D eigenvalue weighted by molar-refractivity contribution is 4.83. The Labute approximate surface area is 88.7 Å². The van der Waals surface area contributed by atoms with E-state index in [9.17, 15) is 0 Å². The van der Waals surface area contributed by atoms with E-state index in [1.165, 1.54) is 57.9 Å². The van der Waals surface area contributed by atoms with E-state index in [0.29, 0.717) is 0 Å². The first-order valence-corrected chi connectivity index (χ1v) is 6.63. The highest BCUT2D eigenvalue weighted by Crippen LogP contribution is 2.29. The van der Waals surface area contributed by atoms with Crippen LogP contribution in [0.3, 0.4) is 0 Å². The van der Waals surface area contributed by atoms with Crippen LogP contribution in [0.2, 0.25) is 0 Å². The third kappa shape index (κ3) is 2.50. The highest BCUT2D eigenvalue weighted by atomic mass is 14.9. The van der Waals surface area contributed by atoms with Crippen LogP contribution < -0.4 is 5.32 Å². The Balaban J connectivity index is 1.68. The van der Waals surface area contributed by atoms with Gasteiger partial charge in [-0.1, -0.05) is 32.6 Å². The Morgan fingerprint density at radius 1 is 1.00 bits per heavy atom. The van der Waals surface area contributed by atoms with E-state index in [4.69, 9.17) is 0 Å². The molecule has 2 unspecified atom stereocenters. The van der Waals surface area contributed by atoms with E-state index in [1.54, 1.807) is 0 Å². The molecule has 1 heteroatoms. The number of nitrogens with one attached hydrogen (secondary N) is 1. The van der Waals surface area contributed by atoms with E-state index in [1.807, 2.05) is 0 Å². The molecule has 0 aliphatic heterocycles. The zero-order valence-corrected chi connectivity index (χ0v) is 9.60. The van der Waals surface area contributed by atoms with E-state index < -0.39 is 0 Å². The van der Waals surface area contributed by atoms with Crippen molar-refractivity contribution in [1.29, 1.82) is 0 Å². The Hall–Kier alpha value is -0.0400. The Bertz CT molecular complexity index is 161. The summed E-state index contributed by atoms with van der Waals surface area (Å²) in [6, 6.07) is 0.862. The zero-order valence-electron chi connectivity index (χ0n) is 9.60. The molecule has 2 atom stereocenters. The smallest absolute Gasteiger partial charge is 0.00953 e. The highest BCUT2D eigenvalue weighted by Gasteiger charge is 2.26. The number of hydrogen-bond acceptors (Lipinski definition) is 1. The zero-order chi connectivity index (χ0) is 9.80. The van der Waals surface area contributed by atoms with Crippen molar-refractivity contribution in [2.75, 3.05) is 6.54 Å². The third-order valence-electron chi connectivity index (χ3n) is 4.33. The standard InChI is InChI=1S/C13H25N/c1-2-12-8-5-9-13(12)14-10-11-6-3-4-7-11/h11-14H,2-10H2,1H3. The second kappa shape index (κ2) is 5.16. The molecule has 0 aromatic heterocycles. The van der Waals surface area contributed by atoms with Gasteiger partial charge < -0.3 is 5.32 Å². The predicted molar refractivity (Wildman–Crippen MR) is 61.4 cm³/mol. The van der Waals surface area contributed by atoms with Crippen LogP contribution in [0, 0.1) is 11.8 Å². The molecule has 0 aromatic carbocycles. The molecule has 2 aliphatic rings. The fourth-order valence-electron chi connectivity index (χ4n) is 3.33. The molecule has 2 fully saturated rings. The van der Waals surface area contributed by atoms with Crippen molar-refractivity contribution in [2.24, 2.45) is 11.8 Å². The maximum absolute atomic E-state index is 3.82. The molecule has 0 amide bonds. The number of hydrogen-bond donors (Lipinski definition) is 1. The molecule has 2 aliphatic carbocycles. The summed E-state index contributed by atoms with van der Waals surface area (Å²) in [4.78, 5) is 0. The van der Waals surface area contributed by atoms with Gasteiger partial charge >= 0.3 is 0 Å². The summed E-state index contributed by atoms with van der Waals surface area (Å²) in [6.45, 7) is 3.65. The van der Waals surface area contributed by atoms with Gasteiger partial charge in [0.25, 0.3) is 0 Å². The van der Waals surface area contributed by atoms with Gasteiger partial charge in [-0.05, 0) is 44.1 Å². The molecule has 82 valence electrons. The van der Waals surface area contributed by atoms with Gasteiger partial charge in [-0.25, -0.2) is 0 Å². The van der Waals surface area contributed by atoms with E-state index in [-0.39, 0.29) is 0 Å². The van der Waals surface area contributed by atoms with Crippen LogP contribution in [-0.2, 0) is 0 Å². The van der Waals surface area contributed by atoms with Crippen LogP contribution in [0.25, 0.3) is 0 Å². The van der Waals surface area contributed by atoms with Crippen molar-refractivity contribution < 1.29 is 0 Å². The largest absolute Gasteiger partial charge is 0.313 e. The van der Waals surface area contributed by atoms with E-state index in [0.717, 1.165) is 17.9 Å². The molecule has 0 heterocycles. The lowest BCUT2D eigenvalue weighted by Gasteiger charge is -2.21. The fraction of sp³-hybridized carbons (Fsp3) is 1.00. The minimum absolute atomic E-state index is 0.862. The first kappa shape index (κ1) is 10.5. The molecule has 2 rings (SSSR count). The summed E-state index contributed by atoms with van der Waals surface area (Å²) >= 11 is 0. The summed E-state index contributed by atoms with van der Waals surface area (Å²) in [5.74, 6) is 1.99. The summed E-state index contributed by atoms with van der Waals surface area (Å²) in [5.41, 5.74) is 0. The van der Waals surface area contributed by atoms with Crippen molar-refractivity contribution in [3.8, 4) is 0 Å². The average molecular weight is 195 g/mol. The van der Waals surface area contributed by atoms with Gasteiger partial charge in [0, 0.05) is 6.04 Å². The quantitative estimate of drug-likeness (QED) is 0.725. The second-order valence-electron chi connectivity index (χ2n) is 5.26. The summed E-state index contributed by atoms with van der Waals surface area (Å²) in [7, 11) is 0. The maximum Gasteiger partial charge on any atom is 0.00953 e. The lowest BCUT2D eigenvalue weighted by Crippen LogP contribution is -2.35. The van der Waals surface area contributed by atoms with Crippen LogP contribution in [0.5, 0.6) is 0 Å². The Kier molecular flexibility index (Phi) is 3.86.